The van der Waals surface area contributed by atoms with Crippen molar-refractivity contribution in [3.05, 3.63) is 0 Å². The van der Waals surface area contributed by atoms with Crippen LogP contribution in [0, 0.1) is 5.41 Å². The average Bonchev–Trinajstić information content (AvgIpc) is 2.27. The van der Waals surface area contributed by atoms with Crippen molar-refractivity contribution in [1.29, 1.82) is 0 Å². The number of nitrogens with one attached hydrogen (secondary N) is 1. The van der Waals surface area contributed by atoms with Gasteiger partial charge in [-0.15, -0.1) is 0 Å². The zero-order valence-electron chi connectivity index (χ0n) is 11.3. The van der Waals surface area contributed by atoms with Crippen molar-refractivity contribution >= 4 is 0 Å². The summed E-state index contributed by atoms with van der Waals surface area (Å²) in [7, 11) is 1.93. The van der Waals surface area contributed by atoms with E-state index in [1.54, 1.807) is 0 Å². The first kappa shape index (κ1) is 13.9. The number of hydrogen-bond donors (Lipinski definition) is 2. The van der Waals surface area contributed by atoms with E-state index in [4.69, 9.17) is 0 Å². The van der Waals surface area contributed by atoms with E-state index in [0.717, 1.165) is 13.0 Å². The molecule has 96 valence electrons. The van der Waals surface area contributed by atoms with Crippen LogP contribution in [0.15, 0.2) is 0 Å². The molecule has 2 N–H and O–H groups in total. The Labute approximate surface area is 100 Å². The van der Waals surface area contributed by atoms with Crippen LogP contribution < -0.4 is 5.32 Å². The predicted octanol–water partition coefficient (Wildman–Crippen LogP) is 1.47. The number of nitrogens with zero attached hydrogens (tertiary/aromatic N) is 1. The first-order chi connectivity index (χ1) is 7.41. The van der Waals surface area contributed by atoms with Crippen LogP contribution in [0.5, 0.6) is 0 Å². The van der Waals surface area contributed by atoms with Crippen LogP contribution in [-0.2, 0) is 0 Å². The Morgan fingerprint density at radius 3 is 2.31 bits per heavy atom. The second-order valence-electron chi connectivity index (χ2n) is 6.22. The minimum Gasteiger partial charge on any atom is -0.394 e. The third kappa shape index (κ3) is 4.04. The standard InChI is InChI=1S/C13H28N2O/c1-12(2)5-8-15(9-6-12)10-7-13(3,11-16)14-4/h14,16H,5-11H2,1-4H3. The van der Waals surface area contributed by atoms with Gasteiger partial charge in [0, 0.05) is 5.54 Å². The van der Waals surface area contributed by atoms with E-state index in [1.807, 2.05) is 7.05 Å². The Balaban J connectivity index is 2.29. The van der Waals surface area contributed by atoms with Gasteiger partial charge < -0.3 is 15.3 Å². The van der Waals surface area contributed by atoms with Gasteiger partial charge in [-0.25, -0.2) is 0 Å². The van der Waals surface area contributed by atoms with Crippen molar-refractivity contribution in [2.75, 3.05) is 33.3 Å². The molecule has 1 atom stereocenters. The molecule has 1 aliphatic rings. The van der Waals surface area contributed by atoms with Crippen LogP contribution in [-0.4, -0.2) is 48.8 Å². The molecule has 0 spiro atoms. The Kier molecular flexibility index (Phi) is 4.77. The molecule has 0 aliphatic carbocycles. The van der Waals surface area contributed by atoms with Crippen molar-refractivity contribution in [1.82, 2.24) is 10.2 Å². The molecule has 0 bridgehead atoms. The topological polar surface area (TPSA) is 35.5 Å². The number of aliphatic hydroxyl groups excluding tert-OH is 1. The summed E-state index contributed by atoms with van der Waals surface area (Å²) in [6.45, 7) is 10.5. The quantitative estimate of drug-likeness (QED) is 0.748. The number of rotatable bonds is 5. The zero-order chi connectivity index (χ0) is 12.2. The van der Waals surface area contributed by atoms with Crippen molar-refractivity contribution in [2.24, 2.45) is 5.41 Å². The lowest BCUT2D eigenvalue weighted by molar-refractivity contribution is 0.107. The summed E-state index contributed by atoms with van der Waals surface area (Å²) in [6.07, 6.45) is 3.60. The Bertz CT molecular complexity index is 202. The molecule has 0 saturated carbocycles. The van der Waals surface area contributed by atoms with Gasteiger partial charge in [0.15, 0.2) is 0 Å². The fraction of sp³-hybridized carbons (Fsp3) is 1.00. The molecule has 3 heteroatoms. The van der Waals surface area contributed by atoms with Crippen LogP contribution in [0.3, 0.4) is 0 Å². The number of piperidine rings is 1. The summed E-state index contributed by atoms with van der Waals surface area (Å²) in [4.78, 5) is 2.52. The molecule has 1 heterocycles. The van der Waals surface area contributed by atoms with Gasteiger partial charge >= 0.3 is 0 Å². The van der Waals surface area contributed by atoms with Crippen molar-refractivity contribution in [3.63, 3.8) is 0 Å². The molecule has 1 fully saturated rings. The minimum absolute atomic E-state index is 0.118. The highest BCUT2D eigenvalue weighted by atomic mass is 16.3. The van der Waals surface area contributed by atoms with E-state index < -0.39 is 0 Å². The summed E-state index contributed by atoms with van der Waals surface area (Å²) in [5, 5.41) is 12.5. The predicted molar refractivity (Wildman–Crippen MR) is 68.6 cm³/mol. The maximum atomic E-state index is 9.32. The molecule has 1 rings (SSSR count). The number of likely N-dealkylation sites (N-methyl/N-ethyl adjacent to an activating group) is 1. The van der Waals surface area contributed by atoms with Gasteiger partial charge in [-0.05, 0) is 58.3 Å². The SMILES string of the molecule is CNC(C)(CO)CCN1CCC(C)(C)CC1. The van der Waals surface area contributed by atoms with Crippen molar-refractivity contribution < 1.29 is 5.11 Å². The Hall–Kier alpha value is -0.120. The molecule has 0 amide bonds. The molecular formula is C13H28N2O. The highest BCUT2D eigenvalue weighted by molar-refractivity contribution is 4.84. The van der Waals surface area contributed by atoms with Crippen molar-refractivity contribution in [2.45, 2.75) is 45.6 Å². The lowest BCUT2D eigenvalue weighted by Gasteiger charge is -2.38. The van der Waals surface area contributed by atoms with E-state index in [9.17, 15) is 5.11 Å². The molecule has 16 heavy (non-hydrogen) atoms. The van der Waals surface area contributed by atoms with E-state index >= 15 is 0 Å². The van der Waals surface area contributed by atoms with Gasteiger partial charge in [0.25, 0.3) is 0 Å². The van der Waals surface area contributed by atoms with Gasteiger partial charge in [-0.2, -0.15) is 0 Å². The fourth-order valence-electron chi connectivity index (χ4n) is 2.07. The van der Waals surface area contributed by atoms with Gasteiger partial charge in [0.2, 0.25) is 0 Å². The van der Waals surface area contributed by atoms with Crippen LogP contribution in [0.1, 0.15) is 40.0 Å². The smallest absolute Gasteiger partial charge is 0.0610 e. The van der Waals surface area contributed by atoms with Gasteiger partial charge in [-0.3, -0.25) is 0 Å². The third-order valence-electron chi connectivity index (χ3n) is 4.14. The molecule has 3 nitrogen and oxygen atoms in total. The van der Waals surface area contributed by atoms with E-state index in [0.29, 0.717) is 5.41 Å². The molecule has 0 aromatic heterocycles. The molecule has 0 radical (unpaired) electrons. The first-order valence-corrected chi connectivity index (χ1v) is 6.43. The maximum absolute atomic E-state index is 9.32. The second kappa shape index (κ2) is 5.48. The molecule has 0 aromatic rings. The number of likely N-dealkylation sites (tertiary alicyclic amines) is 1. The zero-order valence-corrected chi connectivity index (χ0v) is 11.3. The summed E-state index contributed by atoms with van der Waals surface area (Å²) < 4.78 is 0. The van der Waals surface area contributed by atoms with E-state index in [1.165, 1.54) is 25.9 Å². The fourth-order valence-corrected chi connectivity index (χ4v) is 2.07. The molecule has 1 saturated heterocycles. The summed E-state index contributed by atoms with van der Waals surface area (Å²) in [5.41, 5.74) is 0.409. The van der Waals surface area contributed by atoms with Crippen LogP contribution >= 0.6 is 0 Å². The monoisotopic (exact) mass is 228 g/mol. The third-order valence-corrected chi connectivity index (χ3v) is 4.14. The second-order valence-corrected chi connectivity index (χ2v) is 6.22. The highest BCUT2D eigenvalue weighted by Gasteiger charge is 2.27. The number of aliphatic hydroxyl groups is 1. The number of hydrogen-bond acceptors (Lipinski definition) is 3. The van der Waals surface area contributed by atoms with E-state index in [-0.39, 0.29) is 12.1 Å². The normalized spacial score (nSPS) is 25.3. The van der Waals surface area contributed by atoms with E-state index in [2.05, 4.69) is 31.0 Å². The molecule has 0 aromatic carbocycles. The summed E-state index contributed by atoms with van der Waals surface area (Å²) in [6, 6.07) is 0. The first-order valence-electron chi connectivity index (χ1n) is 6.43. The lowest BCUT2D eigenvalue weighted by Crippen LogP contribution is -2.47. The molecule has 1 aliphatic heterocycles. The highest BCUT2D eigenvalue weighted by Crippen LogP contribution is 2.29. The van der Waals surface area contributed by atoms with Crippen molar-refractivity contribution in [3.8, 4) is 0 Å². The lowest BCUT2D eigenvalue weighted by atomic mass is 9.82. The molecule has 1 unspecified atom stereocenters. The Morgan fingerprint density at radius 2 is 1.88 bits per heavy atom. The maximum Gasteiger partial charge on any atom is 0.0610 e. The van der Waals surface area contributed by atoms with Gasteiger partial charge in [0.05, 0.1) is 6.61 Å². The molecular weight excluding hydrogens is 200 g/mol. The van der Waals surface area contributed by atoms with Crippen LogP contribution in [0.4, 0.5) is 0 Å². The van der Waals surface area contributed by atoms with Crippen LogP contribution in [0.25, 0.3) is 0 Å². The average molecular weight is 228 g/mol. The van der Waals surface area contributed by atoms with Gasteiger partial charge in [0.1, 0.15) is 0 Å². The Morgan fingerprint density at radius 1 is 1.31 bits per heavy atom. The summed E-state index contributed by atoms with van der Waals surface area (Å²) >= 11 is 0. The van der Waals surface area contributed by atoms with Crippen LogP contribution in [0.2, 0.25) is 0 Å². The summed E-state index contributed by atoms with van der Waals surface area (Å²) in [5.74, 6) is 0. The minimum atomic E-state index is -0.118. The largest absolute Gasteiger partial charge is 0.394 e. The van der Waals surface area contributed by atoms with Gasteiger partial charge in [-0.1, -0.05) is 13.8 Å².